The van der Waals surface area contributed by atoms with Crippen molar-refractivity contribution in [1.82, 2.24) is 5.43 Å². The number of anilines is 1. The summed E-state index contributed by atoms with van der Waals surface area (Å²) in [5.41, 5.74) is 3.38. The Balaban J connectivity index is 2.07. The number of ether oxygens (including phenoxy) is 2. The van der Waals surface area contributed by atoms with E-state index in [2.05, 4.69) is 26.5 Å². The lowest BCUT2D eigenvalue weighted by Crippen LogP contribution is -2.39. The van der Waals surface area contributed by atoms with Crippen molar-refractivity contribution in [2.75, 3.05) is 31.3 Å². The number of nitrogens with zero attached hydrogens (tertiary/aromatic N) is 2. The zero-order valence-electron chi connectivity index (χ0n) is 15.5. The van der Waals surface area contributed by atoms with Crippen LogP contribution in [-0.2, 0) is 14.8 Å². The summed E-state index contributed by atoms with van der Waals surface area (Å²) < 4.78 is 36.3. The number of halogens is 1. The number of benzene rings is 2. The van der Waals surface area contributed by atoms with E-state index in [1.165, 1.54) is 20.4 Å². The Kier molecular flexibility index (Phi) is 7.41. The number of nitrogens with one attached hydrogen (secondary N) is 1. The van der Waals surface area contributed by atoms with Crippen molar-refractivity contribution in [2.24, 2.45) is 5.10 Å². The molecule has 2 rings (SSSR count). The van der Waals surface area contributed by atoms with Crippen molar-refractivity contribution in [3.8, 4) is 11.5 Å². The van der Waals surface area contributed by atoms with Crippen LogP contribution in [0, 0.1) is 0 Å². The lowest BCUT2D eigenvalue weighted by atomic mass is 10.2. The molecule has 0 aromatic heterocycles. The van der Waals surface area contributed by atoms with E-state index in [-0.39, 0.29) is 0 Å². The van der Waals surface area contributed by atoms with Crippen molar-refractivity contribution < 1.29 is 22.7 Å². The molecule has 0 unspecified atom stereocenters. The van der Waals surface area contributed by atoms with Crippen LogP contribution in [0.5, 0.6) is 11.5 Å². The van der Waals surface area contributed by atoms with Crippen molar-refractivity contribution in [3.63, 3.8) is 0 Å². The molecule has 0 bridgehead atoms. The molecule has 2 aromatic rings. The summed E-state index contributed by atoms with van der Waals surface area (Å²) >= 11 is 3.29. The molecule has 0 saturated carbocycles. The van der Waals surface area contributed by atoms with Crippen molar-refractivity contribution in [2.45, 2.75) is 0 Å². The maximum Gasteiger partial charge on any atom is 0.260 e. The number of methoxy groups -OCH3 is 2. The molecule has 0 heterocycles. The fourth-order valence-corrected chi connectivity index (χ4v) is 3.41. The monoisotopic (exact) mass is 469 g/mol. The fourth-order valence-electron chi connectivity index (χ4n) is 2.29. The molecule has 0 aliphatic heterocycles. The molecule has 1 N–H and O–H groups in total. The van der Waals surface area contributed by atoms with Gasteiger partial charge in [-0.15, -0.1) is 0 Å². The largest absolute Gasteiger partial charge is 0.493 e. The van der Waals surface area contributed by atoms with Gasteiger partial charge in [0.1, 0.15) is 6.54 Å². The lowest BCUT2D eigenvalue weighted by molar-refractivity contribution is -0.119. The molecule has 0 radical (unpaired) electrons. The summed E-state index contributed by atoms with van der Waals surface area (Å²) in [5, 5.41) is 3.87. The van der Waals surface area contributed by atoms with Crippen LogP contribution < -0.4 is 19.2 Å². The quantitative estimate of drug-likeness (QED) is 0.472. The average molecular weight is 470 g/mol. The van der Waals surface area contributed by atoms with E-state index < -0.39 is 22.5 Å². The van der Waals surface area contributed by atoms with Crippen LogP contribution in [0.1, 0.15) is 5.56 Å². The lowest BCUT2D eigenvalue weighted by Gasteiger charge is -2.21. The van der Waals surface area contributed by atoms with Gasteiger partial charge in [0.05, 0.1) is 32.4 Å². The molecule has 0 atom stereocenters. The second kappa shape index (κ2) is 9.56. The zero-order chi connectivity index (χ0) is 20.7. The second-order valence-corrected chi connectivity index (χ2v) is 8.48. The van der Waals surface area contributed by atoms with Gasteiger partial charge in [-0.1, -0.05) is 15.9 Å². The third kappa shape index (κ3) is 5.96. The summed E-state index contributed by atoms with van der Waals surface area (Å²) in [6.07, 6.45) is 2.46. The normalized spacial score (nSPS) is 11.3. The summed E-state index contributed by atoms with van der Waals surface area (Å²) in [7, 11) is -0.596. The minimum atomic E-state index is -3.64. The van der Waals surface area contributed by atoms with E-state index in [0.717, 1.165) is 15.0 Å². The Labute approximate surface area is 172 Å². The zero-order valence-corrected chi connectivity index (χ0v) is 18.0. The van der Waals surface area contributed by atoms with E-state index >= 15 is 0 Å². The molecule has 0 spiro atoms. The van der Waals surface area contributed by atoms with E-state index in [9.17, 15) is 13.2 Å². The average Bonchev–Trinajstić information content (AvgIpc) is 2.66. The van der Waals surface area contributed by atoms with Gasteiger partial charge >= 0.3 is 0 Å². The van der Waals surface area contributed by atoms with Crippen molar-refractivity contribution >= 4 is 43.8 Å². The van der Waals surface area contributed by atoms with Gasteiger partial charge < -0.3 is 9.47 Å². The highest BCUT2D eigenvalue weighted by molar-refractivity contribution is 9.10. The van der Waals surface area contributed by atoms with E-state index in [4.69, 9.17) is 9.47 Å². The molecule has 8 nitrogen and oxygen atoms in total. The van der Waals surface area contributed by atoms with Gasteiger partial charge in [-0.05, 0) is 48.0 Å². The first-order chi connectivity index (χ1) is 13.2. The summed E-state index contributed by atoms with van der Waals surface area (Å²) in [6, 6.07) is 11.7. The molecule has 10 heteroatoms. The van der Waals surface area contributed by atoms with Crippen molar-refractivity contribution in [1.29, 1.82) is 0 Å². The molecule has 0 saturated heterocycles. The van der Waals surface area contributed by atoms with Gasteiger partial charge in [0.15, 0.2) is 11.5 Å². The van der Waals surface area contributed by atoms with Gasteiger partial charge in [-0.2, -0.15) is 5.10 Å². The Morgan fingerprint density at radius 1 is 1.14 bits per heavy atom. The Morgan fingerprint density at radius 3 is 2.36 bits per heavy atom. The number of carbonyl (C=O) groups is 1. The number of carbonyl (C=O) groups excluding carboxylic acids is 1. The number of hydrazone groups is 1. The SMILES string of the molecule is COc1ccc(/C=N\NC(=O)CN(c2ccc(Br)cc2)S(C)(=O)=O)cc1OC. The molecule has 28 heavy (non-hydrogen) atoms. The smallest absolute Gasteiger partial charge is 0.260 e. The molecule has 150 valence electrons. The molecule has 2 aromatic carbocycles. The van der Waals surface area contributed by atoms with E-state index in [0.29, 0.717) is 22.7 Å². The molecule has 0 fully saturated rings. The number of rotatable bonds is 8. The van der Waals surface area contributed by atoms with E-state index in [1.54, 1.807) is 42.5 Å². The highest BCUT2D eigenvalue weighted by Gasteiger charge is 2.20. The molecule has 0 aliphatic rings. The first kappa shape index (κ1) is 21.7. The predicted molar refractivity (Wildman–Crippen MR) is 112 cm³/mol. The number of sulfonamides is 1. The standard InChI is InChI=1S/C18H20BrN3O5S/c1-26-16-9-4-13(10-17(16)27-2)11-20-21-18(23)12-22(28(3,24)25)15-7-5-14(19)6-8-15/h4-11H,12H2,1-3H3,(H,21,23)/b20-11-. The maximum absolute atomic E-state index is 12.2. The second-order valence-electron chi connectivity index (χ2n) is 5.65. The maximum atomic E-state index is 12.2. The minimum Gasteiger partial charge on any atom is -0.493 e. The predicted octanol–water partition coefficient (Wildman–Crippen LogP) is 2.38. The van der Waals surface area contributed by atoms with Crippen LogP contribution in [0.4, 0.5) is 5.69 Å². The van der Waals surface area contributed by atoms with Crippen molar-refractivity contribution in [3.05, 3.63) is 52.5 Å². The van der Waals surface area contributed by atoms with Crippen LogP contribution in [-0.4, -0.2) is 47.6 Å². The number of amides is 1. The highest BCUT2D eigenvalue weighted by Crippen LogP contribution is 2.26. The Hall–Kier alpha value is -2.59. The van der Waals surface area contributed by atoms with Gasteiger partial charge in [0, 0.05) is 4.47 Å². The van der Waals surface area contributed by atoms with Gasteiger partial charge in [0.25, 0.3) is 5.91 Å². The highest BCUT2D eigenvalue weighted by atomic mass is 79.9. The fraction of sp³-hybridized carbons (Fsp3) is 0.222. The van der Waals surface area contributed by atoms with Gasteiger partial charge in [-0.3, -0.25) is 9.10 Å². The van der Waals surface area contributed by atoms with Gasteiger partial charge in [-0.25, -0.2) is 13.8 Å². The first-order valence-electron chi connectivity index (χ1n) is 8.02. The van der Waals surface area contributed by atoms with Crippen LogP contribution in [0.25, 0.3) is 0 Å². The van der Waals surface area contributed by atoms with Crippen LogP contribution >= 0.6 is 15.9 Å². The molecular formula is C18H20BrN3O5S. The summed E-state index contributed by atoms with van der Waals surface area (Å²) in [5.74, 6) is 0.517. The number of hydrogen-bond donors (Lipinski definition) is 1. The van der Waals surface area contributed by atoms with Crippen LogP contribution in [0.3, 0.4) is 0 Å². The third-order valence-corrected chi connectivity index (χ3v) is 5.28. The Morgan fingerprint density at radius 2 is 1.79 bits per heavy atom. The Bertz CT molecular complexity index is 962. The topological polar surface area (TPSA) is 97.3 Å². The van der Waals surface area contributed by atoms with E-state index in [1.807, 2.05) is 0 Å². The summed E-state index contributed by atoms with van der Waals surface area (Å²) in [4.78, 5) is 12.2. The minimum absolute atomic E-state index is 0.379. The third-order valence-electron chi connectivity index (χ3n) is 3.61. The van der Waals surface area contributed by atoms with Gasteiger partial charge in [0.2, 0.25) is 10.0 Å². The van der Waals surface area contributed by atoms with Crippen LogP contribution in [0.15, 0.2) is 52.0 Å². The number of hydrogen-bond acceptors (Lipinski definition) is 6. The first-order valence-corrected chi connectivity index (χ1v) is 10.7. The summed E-state index contributed by atoms with van der Waals surface area (Å²) in [6.45, 7) is -0.399. The molecule has 1 amide bonds. The molecule has 0 aliphatic carbocycles. The molecular weight excluding hydrogens is 450 g/mol. The van der Waals surface area contributed by atoms with Crippen LogP contribution in [0.2, 0.25) is 0 Å².